The van der Waals surface area contributed by atoms with Crippen LogP contribution in [-0.2, 0) is 10.0 Å². The van der Waals surface area contributed by atoms with Crippen molar-refractivity contribution in [3.05, 3.63) is 24.3 Å². The van der Waals surface area contributed by atoms with Crippen molar-refractivity contribution in [3.63, 3.8) is 0 Å². The average molecular weight is 305 g/mol. The fourth-order valence-corrected chi connectivity index (χ4v) is 2.84. The second-order valence-corrected chi connectivity index (χ2v) is 7.28. The number of alkyl halides is 1. The lowest BCUT2D eigenvalue weighted by Gasteiger charge is -2.23. The predicted molar refractivity (Wildman–Crippen MR) is 80.3 cm³/mol. The Balaban J connectivity index is 3.11. The predicted octanol–water partition coefficient (Wildman–Crippen LogP) is 2.61. The van der Waals surface area contributed by atoms with Gasteiger partial charge >= 0.3 is 0 Å². The standard InChI is InChI=1S/C13H21ClN2O2S/c1-10(9-14)11(2)15-12-7-5-6-8-13(12)19(17,18)16(3)4/h5-8,10-11,15H,9H2,1-4H3. The number of hydrogen-bond donors (Lipinski definition) is 1. The molecule has 0 aromatic heterocycles. The number of nitrogens with one attached hydrogen (secondary N) is 1. The van der Waals surface area contributed by atoms with E-state index >= 15 is 0 Å². The van der Waals surface area contributed by atoms with E-state index in [2.05, 4.69) is 5.32 Å². The Morgan fingerprint density at radius 3 is 2.37 bits per heavy atom. The number of para-hydroxylation sites is 1. The van der Waals surface area contributed by atoms with E-state index in [1.165, 1.54) is 18.4 Å². The number of halogens is 1. The van der Waals surface area contributed by atoms with Crippen molar-refractivity contribution in [2.75, 3.05) is 25.3 Å². The zero-order chi connectivity index (χ0) is 14.6. The first-order valence-electron chi connectivity index (χ1n) is 6.14. The van der Waals surface area contributed by atoms with Gasteiger partial charge in [-0.2, -0.15) is 0 Å². The van der Waals surface area contributed by atoms with Crippen molar-refractivity contribution in [1.29, 1.82) is 0 Å². The molecule has 1 aromatic rings. The molecule has 0 heterocycles. The highest BCUT2D eigenvalue weighted by Crippen LogP contribution is 2.25. The van der Waals surface area contributed by atoms with E-state index in [9.17, 15) is 8.42 Å². The molecular weight excluding hydrogens is 284 g/mol. The summed E-state index contributed by atoms with van der Waals surface area (Å²) in [4.78, 5) is 0.286. The number of hydrogen-bond acceptors (Lipinski definition) is 3. The van der Waals surface area contributed by atoms with E-state index in [0.717, 1.165) is 0 Å². The Labute approximate surface area is 120 Å². The van der Waals surface area contributed by atoms with Gasteiger partial charge in [0.15, 0.2) is 0 Å². The average Bonchev–Trinajstić information content (AvgIpc) is 2.37. The highest BCUT2D eigenvalue weighted by molar-refractivity contribution is 7.89. The molecule has 108 valence electrons. The van der Waals surface area contributed by atoms with Crippen LogP contribution in [0.4, 0.5) is 5.69 Å². The van der Waals surface area contributed by atoms with Crippen molar-refractivity contribution in [2.24, 2.45) is 5.92 Å². The van der Waals surface area contributed by atoms with Crippen LogP contribution in [0, 0.1) is 5.92 Å². The molecule has 0 spiro atoms. The topological polar surface area (TPSA) is 49.4 Å². The van der Waals surface area contributed by atoms with Crippen LogP contribution in [0.1, 0.15) is 13.8 Å². The van der Waals surface area contributed by atoms with Gasteiger partial charge in [-0.05, 0) is 25.0 Å². The smallest absolute Gasteiger partial charge is 0.244 e. The van der Waals surface area contributed by atoms with Gasteiger partial charge in [0.25, 0.3) is 0 Å². The van der Waals surface area contributed by atoms with Crippen LogP contribution in [-0.4, -0.2) is 38.7 Å². The number of rotatable bonds is 6. The van der Waals surface area contributed by atoms with E-state index < -0.39 is 10.0 Å². The van der Waals surface area contributed by atoms with Gasteiger partial charge in [0.1, 0.15) is 4.90 Å². The molecule has 0 radical (unpaired) electrons. The highest BCUT2D eigenvalue weighted by Gasteiger charge is 2.22. The summed E-state index contributed by atoms with van der Waals surface area (Å²) in [6.07, 6.45) is 0. The van der Waals surface area contributed by atoms with Crippen molar-refractivity contribution in [3.8, 4) is 0 Å². The summed E-state index contributed by atoms with van der Waals surface area (Å²) >= 11 is 5.83. The van der Waals surface area contributed by atoms with Gasteiger partial charge in [-0.1, -0.05) is 19.1 Å². The van der Waals surface area contributed by atoms with Gasteiger partial charge < -0.3 is 5.32 Å². The third-order valence-electron chi connectivity index (χ3n) is 3.13. The second-order valence-electron chi connectivity index (χ2n) is 4.85. The molecule has 1 rings (SSSR count). The Morgan fingerprint density at radius 2 is 1.84 bits per heavy atom. The van der Waals surface area contributed by atoms with E-state index in [1.54, 1.807) is 18.2 Å². The third kappa shape index (κ3) is 3.84. The van der Waals surface area contributed by atoms with E-state index in [-0.39, 0.29) is 16.9 Å². The Kier molecular flexibility index (Phi) is 5.64. The van der Waals surface area contributed by atoms with E-state index in [0.29, 0.717) is 11.6 Å². The van der Waals surface area contributed by atoms with Crippen LogP contribution >= 0.6 is 11.6 Å². The molecular formula is C13H21ClN2O2S. The van der Waals surface area contributed by atoms with Gasteiger partial charge in [0.05, 0.1) is 5.69 Å². The van der Waals surface area contributed by atoms with Crippen molar-refractivity contribution in [1.82, 2.24) is 4.31 Å². The molecule has 0 saturated carbocycles. The Morgan fingerprint density at radius 1 is 1.26 bits per heavy atom. The number of sulfonamides is 1. The lowest BCUT2D eigenvalue weighted by Crippen LogP contribution is -2.28. The maximum absolute atomic E-state index is 12.2. The molecule has 6 heteroatoms. The number of nitrogens with zero attached hydrogens (tertiary/aromatic N) is 1. The molecule has 0 saturated heterocycles. The molecule has 1 aromatic carbocycles. The molecule has 0 amide bonds. The van der Waals surface area contributed by atoms with E-state index in [1.807, 2.05) is 19.9 Å². The van der Waals surface area contributed by atoms with Crippen LogP contribution in [0.5, 0.6) is 0 Å². The molecule has 0 bridgehead atoms. The van der Waals surface area contributed by atoms with Gasteiger partial charge in [0, 0.05) is 26.0 Å². The minimum atomic E-state index is -3.45. The molecule has 4 nitrogen and oxygen atoms in total. The SMILES string of the molecule is CC(CCl)C(C)Nc1ccccc1S(=O)(=O)N(C)C. The summed E-state index contributed by atoms with van der Waals surface area (Å²) in [6, 6.07) is 7.01. The zero-order valence-electron chi connectivity index (χ0n) is 11.7. The fourth-order valence-electron chi connectivity index (χ4n) is 1.53. The van der Waals surface area contributed by atoms with Gasteiger partial charge in [-0.3, -0.25) is 0 Å². The molecule has 0 fully saturated rings. The fraction of sp³-hybridized carbons (Fsp3) is 0.538. The lowest BCUT2D eigenvalue weighted by atomic mass is 10.1. The Hall–Kier alpha value is -0.780. The van der Waals surface area contributed by atoms with Crippen molar-refractivity contribution in [2.45, 2.75) is 24.8 Å². The quantitative estimate of drug-likeness (QED) is 0.822. The molecule has 0 aliphatic rings. The largest absolute Gasteiger partial charge is 0.381 e. The first-order chi connectivity index (χ1) is 8.80. The molecule has 0 aliphatic carbocycles. The summed E-state index contributed by atoms with van der Waals surface area (Å²) in [5, 5.41) is 3.23. The summed E-state index contributed by atoms with van der Waals surface area (Å²) in [6.45, 7) is 4.01. The van der Waals surface area contributed by atoms with Crippen molar-refractivity contribution < 1.29 is 8.42 Å². The van der Waals surface area contributed by atoms with Gasteiger partial charge in [-0.25, -0.2) is 12.7 Å². The maximum atomic E-state index is 12.2. The first kappa shape index (κ1) is 16.3. The monoisotopic (exact) mass is 304 g/mol. The zero-order valence-corrected chi connectivity index (χ0v) is 13.3. The van der Waals surface area contributed by atoms with Crippen molar-refractivity contribution >= 4 is 27.3 Å². The van der Waals surface area contributed by atoms with Crippen LogP contribution < -0.4 is 5.32 Å². The third-order valence-corrected chi connectivity index (χ3v) is 5.49. The molecule has 2 atom stereocenters. The van der Waals surface area contributed by atoms with Gasteiger partial charge in [-0.15, -0.1) is 11.6 Å². The van der Waals surface area contributed by atoms with Crippen LogP contribution in [0.25, 0.3) is 0 Å². The summed E-state index contributed by atoms with van der Waals surface area (Å²) in [5.74, 6) is 0.772. The summed E-state index contributed by atoms with van der Waals surface area (Å²) in [7, 11) is -0.398. The van der Waals surface area contributed by atoms with Gasteiger partial charge in [0.2, 0.25) is 10.0 Å². The lowest BCUT2D eigenvalue weighted by molar-refractivity contribution is 0.520. The highest BCUT2D eigenvalue weighted by atomic mass is 35.5. The molecule has 2 unspecified atom stereocenters. The first-order valence-corrected chi connectivity index (χ1v) is 8.12. The molecule has 19 heavy (non-hydrogen) atoms. The Bertz CT molecular complexity index is 517. The second kappa shape index (κ2) is 6.59. The molecule has 1 N–H and O–H groups in total. The number of benzene rings is 1. The molecule has 0 aliphatic heterocycles. The van der Waals surface area contributed by atoms with Crippen LogP contribution in [0.15, 0.2) is 29.2 Å². The van der Waals surface area contributed by atoms with Crippen LogP contribution in [0.2, 0.25) is 0 Å². The normalized spacial score (nSPS) is 15.3. The summed E-state index contributed by atoms with van der Waals surface area (Å²) in [5.41, 5.74) is 0.612. The summed E-state index contributed by atoms with van der Waals surface area (Å²) < 4.78 is 25.7. The van der Waals surface area contributed by atoms with Crippen LogP contribution in [0.3, 0.4) is 0 Å². The maximum Gasteiger partial charge on any atom is 0.244 e. The van der Waals surface area contributed by atoms with E-state index in [4.69, 9.17) is 11.6 Å². The number of anilines is 1. The minimum Gasteiger partial charge on any atom is -0.381 e. The minimum absolute atomic E-state index is 0.0935.